The summed E-state index contributed by atoms with van der Waals surface area (Å²) in [7, 11) is 0. The van der Waals surface area contributed by atoms with Crippen molar-refractivity contribution in [1.82, 2.24) is 5.32 Å². The molecular weight excluding hydrogens is 345 g/mol. The average Bonchev–Trinajstić information content (AvgIpc) is 2.39. The van der Waals surface area contributed by atoms with Crippen LogP contribution in [0.1, 0.15) is 12.5 Å². The molecule has 0 radical (unpaired) electrons. The Kier molecular flexibility index (Phi) is 6.11. The summed E-state index contributed by atoms with van der Waals surface area (Å²) < 4.78 is 0.641. The molecule has 1 aromatic carbocycles. The summed E-state index contributed by atoms with van der Waals surface area (Å²) in [5.74, 6) is -0.902. The van der Waals surface area contributed by atoms with Gasteiger partial charge in [-0.2, -0.15) is 0 Å². The second kappa shape index (κ2) is 7.35. The van der Waals surface area contributed by atoms with E-state index >= 15 is 0 Å². The van der Waals surface area contributed by atoms with Crippen molar-refractivity contribution < 1.29 is 14.7 Å². The second-order valence-electron chi connectivity index (χ2n) is 4.09. The number of Topliss-reactive ketones (excluding diaryl/α,β-unsaturated/α-hetero) is 1. The minimum absolute atomic E-state index is 0.217. The van der Waals surface area contributed by atoms with Crippen LogP contribution >= 0.6 is 22.6 Å². The number of phenolic OH excluding ortho intramolecular Hbond substituents is 1. The van der Waals surface area contributed by atoms with Crippen LogP contribution in [-0.2, 0) is 16.0 Å². The van der Waals surface area contributed by atoms with Crippen molar-refractivity contribution in [3.8, 4) is 5.75 Å². The molecule has 1 amide bonds. The normalized spacial score (nSPS) is 11.9. The lowest BCUT2D eigenvalue weighted by molar-refractivity contribution is -0.139. The van der Waals surface area contributed by atoms with Crippen molar-refractivity contribution in [3.05, 3.63) is 29.8 Å². The molecule has 18 heavy (non-hydrogen) atoms. The molecular formula is C13H16INO3. The summed E-state index contributed by atoms with van der Waals surface area (Å²) in [4.78, 5) is 23.0. The van der Waals surface area contributed by atoms with Crippen LogP contribution in [0.5, 0.6) is 5.75 Å². The van der Waals surface area contributed by atoms with Crippen molar-refractivity contribution in [2.75, 3.05) is 11.0 Å². The van der Waals surface area contributed by atoms with Gasteiger partial charge in [0.1, 0.15) is 5.75 Å². The summed E-state index contributed by atoms with van der Waals surface area (Å²) in [6, 6.07) is 6.77. The summed E-state index contributed by atoms with van der Waals surface area (Å²) in [5.41, 5.74) is 1.00. The molecule has 0 aliphatic carbocycles. The minimum atomic E-state index is -0.516. The van der Waals surface area contributed by atoms with Crippen LogP contribution in [-0.4, -0.2) is 27.8 Å². The number of nitrogens with one attached hydrogen (secondary N) is 1. The van der Waals surface area contributed by atoms with Crippen LogP contribution < -0.4 is 5.32 Å². The van der Waals surface area contributed by atoms with E-state index in [0.717, 1.165) is 5.56 Å². The van der Waals surface area contributed by atoms with Gasteiger partial charge in [0.25, 0.3) is 5.91 Å². The van der Waals surface area contributed by atoms with E-state index < -0.39 is 5.91 Å². The molecule has 1 aromatic rings. The van der Waals surface area contributed by atoms with Crippen molar-refractivity contribution in [2.45, 2.75) is 13.3 Å². The number of ketones is 1. The van der Waals surface area contributed by atoms with Crippen molar-refractivity contribution >= 4 is 34.3 Å². The molecule has 0 fully saturated rings. The molecule has 0 bridgehead atoms. The van der Waals surface area contributed by atoms with Crippen LogP contribution in [0.15, 0.2) is 24.3 Å². The van der Waals surface area contributed by atoms with E-state index in [0.29, 0.717) is 17.4 Å². The molecule has 5 heteroatoms. The van der Waals surface area contributed by atoms with E-state index in [4.69, 9.17) is 5.11 Å². The number of phenols is 1. The average molecular weight is 361 g/mol. The maximum Gasteiger partial charge on any atom is 0.287 e. The van der Waals surface area contributed by atoms with Gasteiger partial charge in [-0.25, -0.2) is 0 Å². The zero-order chi connectivity index (χ0) is 13.5. The van der Waals surface area contributed by atoms with E-state index in [-0.39, 0.29) is 17.5 Å². The number of carbonyl (C=O) groups excluding carboxylic acids is 2. The highest BCUT2D eigenvalue weighted by atomic mass is 127. The van der Waals surface area contributed by atoms with Gasteiger partial charge in [0, 0.05) is 16.9 Å². The molecule has 0 saturated heterocycles. The number of carbonyl (C=O) groups is 2. The van der Waals surface area contributed by atoms with E-state index in [9.17, 15) is 9.59 Å². The van der Waals surface area contributed by atoms with Crippen LogP contribution in [0.4, 0.5) is 0 Å². The first-order chi connectivity index (χ1) is 8.54. The zero-order valence-corrected chi connectivity index (χ0v) is 12.3. The SMILES string of the molecule is CC(CI)C(=O)C(=O)NCCc1ccc(O)cc1. The van der Waals surface area contributed by atoms with Crippen LogP contribution in [0.25, 0.3) is 0 Å². The first kappa shape index (κ1) is 14.9. The van der Waals surface area contributed by atoms with Crippen molar-refractivity contribution in [3.63, 3.8) is 0 Å². The highest BCUT2D eigenvalue weighted by molar-refractivity contribution is 14.1. The van der Waals surface area contributed by atoms with E-state index in [1.807, 2.05) is 0 Å². The molecule has 2 N–H and O–H groups in total. The third-order valence-corrected chi connectivity index (χ3v) is 3.86. The van der Waals surface area contributed by atoms with Crippen molar-refractivity contribution in [2.24, 2.45) is 5.92 Å². The highest BCUT2D eigenvalue weighted by Gasteiger charge is 2.19. The minimum Gasteiger partial charge on any atom is -0.508 e. The Morgan fingerprint density at radius 2 is 1.94 bits per heavy atom. The van der Waals surface area contributed by atoms with Gasteiger partial charge in [-0.3, -0.25) is 9.59 Å². The van der Waals surface area contributed by atoms with Gasteiger partial charge < -0.3 is 10.4 Å². The lowest BCUT2D eigenvalue weighted by Gasteiger charge is -2.07. The molecule has 0 aliphatic heterocycles. The molecule has 0 aliphatic rings. The zero-order valence-electron chi connectivity index (χ0n) is 10.1. The number of amides is 1. The molecule has 1 rings (SSSR count). The van der Waals surface area contributed by atoms with Crippen LogP contribution in [0, 0.1) is 5.92 Å². The molecule has 0 aromatic heterocycles. The van der Waals surface area contributed by atoms with Gasteiger partial charge in [-0.15, -0.1) is 0 Å². The van der Waals surface area contributed by atoms with Gasteiger partial charge >= 0.3 is 0 Å². The molecule has 0 spiro atoms. The van der Waals surface area contributed by atoms with E-state index in [2.05, 4.69) is 27.9 Å². The van der Waals surface area contributed by atoms with E-state index in [1.165, 1.54) is 0 Å². The monoisotopic (exact) mass is 361 g/mol. The van der Waals surface area contributed by atoms with E-state index in [1.54, 1.807) is 31.2 Å². The first-order valence-electron chi connectivity index (χ1n) is 5.70. The summed E-state index contributed by atoms with van der Waals surface area (Å²) in [5, 5.41) is 11.7. The number of aromatic hydroxyl groups is 1. The Morgan fingerprint density at radius 3 is 2.50 bits per heavy atom. The number of benzene rings is 1. The Bertz CT molecular complexity index is 417. The van der Waals surface area contributed by atoms with Crippen LogP contribution in [0.3, 0.4) is 0 Å². The molecule has 98 valence electrons. The van der Waals surface area contributed by atoms with Gasteiger partial charge in [0.15, 0.2) is 0 Å². The Labute approximate surface area is 120 Å². The Morgan fingerprint density at radius 1 is 1.33 bits per heavy atom. The lowest BCUT2D eigenvalue weighted by Crippen LogP contribution is -2.36. The van der Waals surface area contributed by atoms with Gasteiger partial charge in [0.05, 0.1) is 0 Å². The van der Waals surface area contributed by atoms with Crippen molar-refractivity contribution in [1.29, 1.82) is 0 Å². The predicted octanol–water partition coefficient (Wildman–Crippen LogP) is 1.69. The highest BCUT2D eigenvalue weighted by Crippen LogP contribution is 2.09. The smallest absolute Gasteiger partial charge is 0.287 e. The molecule has 1 atom stereocenters. The molecule has 1 unspecified atom stereocenters. The molecule has 4 nitrogen and oxygen atoms in total. The fraction of sp³-hybridized carbons (Fsp3) is 0.385. The predicted molar refractivity (Wildman–Crippen MR) is 77.9 cm³/mol. The number of alkyl halides is 1. The topological polar surface area (TPSA) is 66.4 Å². The summed E-state index contributed by atoms with van der Waals surface area (Å²) in [6.07, 6.45) is 0.637. The first-order valence-corrected chi connectivity index (χ1v) is 7.23. The Hall–Kier alpha value is -1.11. The fourth-order valence-electron chi connectivity index (χ4n) is 1.36. The summed E-state index contributed by atoms with van der Waals surface area (Å²) >= 11 is 2.09. The van der Waals surface area contributed by atoms with Gasteiger partial charge in [-0.05, 0) is 24.1 Å². The molecule has 0 heterocycles. The molecule has 0 saturated carbocycles. The maximum absolute atomic E-state index is 11.5. The van der Waals surface area contributed by atoms with Crippen LogP contribution in [0.2, 0.25) is 0 Å². The fourth-order valence-corrected chi connectivity index (χ4v) is 1.76. The summed E-state index contributed by atoms with van der Waals surface area (Å²) in [6.45, 7) is 2.16. The van der Waals surface area contributed by atoms with Gasteiger partial charge in [0.2, 0.25) is 5.78 Å². The lowest BCUT2D eigenvalue weighted by atomic mass is 10.1. The second-order valence-corrected chi connectivity index (χ2v) is 4.97. The number of halogens is 1. The number of hydrogen-bond acceptors (Lipinski definition) is 3. The maximum atomic E-state index is 11.5. The number of hydrogen-bond donors (Lipinski definition) is 2. The largest absolute Gasteiger partial charge is 0.508 e. The third-order valence-electron chi connectivity index (χ3n) is 2.54. The quantitative estimate of drug-likeness (QED) is 0.461. The van der Waals surface area contributed by atoms with Gasteiger partial charge in [-0.1, -0.05) is 41.6 Å². The standard InChI is InChI=1S/C13H16INO3/c1-9(8-14)12(17)13(18)15-7-6-10-2-4-11(16)5-3-10/h2-5,9,16H,6-8H2,1H3,(H,15,18). The Balaban J connectivity index is 2.35. The number of rotatable bonds is 6. The third kappa shape index (κ3) is 4.64.